The van der Waals surface area contributed by atoms with Gasteiger partial charge in [-0.25, -0.2) is 0 Å². The molecule has 152 valence electrons. The third-order valence-corrected chi connectivity index (χ3v) is 5.12. The van der Waals surface area contributed by atoms with E-state index in [1.54, 1.807) is 0 Å². The van der Waals surface area contributed by atoms with Crippen LogP contribution in [0.2, 0.25) is 0 Å². The lowest BCUT2D eigenvalue weighted by molar-refractivity contribution is -0.0292. The number of benzene rings is 1. The number of nitrogens with one attached hydrogen (secondary N) is 1. The summed E-state index contributed by atoms with van der Waals surface area (Å²) in [7, 11) is 0. The fourth-order valence-corrected chi connectivity index (χ4v) is 3.81. The molecule has 0 saturated carbocycles. The lowest BCUT2D eigenvalue weighted by Gasteiger charge is -2.33. The van der Waals surface area contributed by atoms with Gasteiger partial charge in [0, 0.05) is 31.9 Å². The molecule has 0 radical (unpaired) electrons. The molecule has 1 aliphatic rings. The standard InChI is InChI=1S/C22H32N4O2/c1-16-20(17(2)26(24-16)22(3,4)5)21(27)23-13-19-15-25(11-12-28-19)14-18-9-7-6-8-10-18/h6-10,19H,11-15H2,1-5H3,(H,23,27). The molecule has 6 nitrogen and oxygen atoms in total. The summed E-state index contributed by atoms with van der Waals surface area (Å²) >= 11 is 0. The van der Waals surface area contributed by atoms with Gasteiger partial charge in [-0.3, -0.25) is 14.4 Å². The molecule has 28 heavy (non-hydrogen) atoms. The molecular weight excluding hydrogens is 352 g/mol. The van der Waals surface area contributed by atoms with Gasteiger partial charge in [0.25, 0.3) is 5.91 Å². The number of rotatable bonds is 5. The zero-order valence-electron chi connectivity index (χ0n) is 17.7. The Hall–Kier alpha value is -2.18. The molecular formula is C22H32N4O2. The summed E-state index contributed by atoms with van der Waals surface area (Å²) in [6.07, 6.45) is -0.000291. The Bertz CT molecular complexity index is 808. The molecule has 1 unspecified atom stereocenters. The fraction of sp³-hybridized carbons (Fsp3) is 0.545. The molecule has 1 aromatic heterocycles. The molecule has 6 heteroatoms. The van der Waals surface area contributed by atoms with Gasteiger partial charge < -0.3 is 10.1 Å². The maximum absolute atomic E-state index is 12.8. The molecule has 1 saturated heterocycles. The van der Waals surface area contributed by atoms with Gasteiger partial charge in [-0.1, -0.05) is 30.3 Å². The average molecular weight is 385 g/mol. The van der Waals surface area contributed by atoms with E-state index < -0.39 is 0 Å². The van der Waals surface area contributed by atoms with Gasteiger partial charge in [0.15, 0.2) is 0 Å². The van der Waals surface area contributed by atoms with Crippen LogP contribution in [0.25, 0.3) is 0 Å². The number of aromatic nitrogens is 2. The van der Waals surface area contributed by atoms with E-state index in [4.69, 9.17) is 4.74 Å². The molecule has 1 amide bonds. The van der Waals surface area contributed by atoms with Crippen molar-refractivity contribution in [3.8, 4) is 0 Å². The highest BCUT2D eigenvalue weighted by Gasteiger charge is 2.26. The molecule has 1 fully saturated rings. The number of morpholine rings is 1. The van der Waals surface area contributed by atoms with Crippen LogP contribution >= 0.6 is 0 Å². The minimum absolute atomic E-state index is 0.000291. The number of ether oxygens (including phenoxy) is 1. The molecule has 3 rings (SSSR count). The van der Waals surface area contributed by atoms with Crippen molar-refractivity contribution in [2.75, 3.05) is 26.2 Å². The van der Waals surface area contributed by atoms with Gasteiger partial charge in [-0.2, -0.15) is 5.10 Å². The van der Waals surface area contributed by atoms with Crippen LogP contribution in [0.4, 0.5) is 0 Å². The maximum Gasteiger partial charge on any atom is 0.255 e. The normalized spacial score (nSPS) is 18.2. The first kappa shape index (κ1) is 20.6. The number of hydrogen-bond donors (Lipinski definition) is 1. The smallest absolute Gasteiger partial charge is 0.255 e. The van der Waals surface area contributed by atoms with E-state index in [9.17, 15) is 4.79 Å². The quantitative estimate of drug-likeness (QED) is 0.861. The van der Waals surface area contributed by atoms with E-state index in [2.05, 4.69) is 60.4 Å². The topological polar surface area (TPSA) is 59.4 Å². The highest BCUT2D eigenvalue weighted by molar-refractivity contribution is 5.96. The van der Waals surface area contributed by atoms with Crippen LogP contribution in [0.1, 0.15) is 48.1 Å². The Labute approximate surface area is 167 Å². The minimum Gasteiger partial charge on any atom is -0.374 e. The molecule has 0 aliphatic carbocycles. The Balaban J connectivity index is 1.58. The molecule has 1 atom stereocenters. The number of aryl methyl sites for hydroxylation is 1. The Kier molecular flexibility index (Phi) is 6.20. The number of amides is 1. The Morgan fingerprint density at radius 2 is 1.96 bits per heavy atom. The lowest BCUT2D eigenvalue weighted by atomic mass is 10.1. The molecule has 1 aliphatic heterocycles. The van der Waals surface area contributed by atoms with Crippen LogP contribution in [0, 0.1) is 13.8 Å². The third-order valence-electron chi connectivity index (χ3n) is 5.12. The number of carbonyl (C=O) groups excluding carboxylic acids is 1. The fourth-order valence-electron chi connectivity index (χ4n) is 3.81. The number of nitrogens with zero attached hydrogens (tertiary/aromatic N) is 3. The summed E-state index contributed by atoms with van der Waals surface area (Å²) in [5.74, 6) is -0.0747. The molecule has 0 bridgehead atoms. The van der Waals surface area contributed by atoms with Crippen molar-refractivity contribution in [3.05, 3.63) is 52.8 Å². The van der Waals surface area contributed by atoms with Crippen LogP contribution in [-0.4, -0.2) is 52.9 Å². The van der Waals surface area contributed by atoms with Crippen molar-refractivity contribution in [2.45, 2.75) is 52.8 Å². The van der Waals surface area contributed by atoms with Gasteiger partial charge in [0.2, 0.25) is 0 Å². The van der Waals surface area contributed by atoms with E-state index in [1.165, 1.54) is 5.56 Å². The summed E-state index contributed by atoms with van der Waals surface area (Å²) in [4.78, 5) is 15.2. The lowest BCUT2D eigenvalue weighted by Crippen LogP contribution is -2.47. The van der Waals surface area contributed by atoms with E-state index in [0.29, 0.717) is 18.7 Å². The average Bonchev–Trinajstić information content (AvgIpc) is 2.96. The largest absolute Gasteiger partial charge is 0.374 e. The first-order chi connectivity index (χ1) is 13.3. The third kappa shape index (κ3) is 4.80. The van der Waals surface area contributed by atoms with Gasteiger partial charge in [0.05, 0.1) is 29.5 Å². The van der Waals surface area contributed by atoms with E-state index >= 15 is 0 Å². The van der Waals surface area contributed by atoms with Gasteiger partial charge >= 0.3 is 0 Å². The predicted octanol–water partition coefficient (Wildman–Crippen LogP) is 2.89. The summed E-state index contributed by atoms with van der Waals surface area (Å²) in [6.45, 7) is 13.9. The van der Waals surface area contributed by atoms with Crippen molar-refractivity contribution >= 4 is 5.91 Å². The second kappa shape index (κ2) is 8.45. The van der Waals surface area contributed by atoms with Gasteiger partial charge in [0.1, 0.15) is 0 Å². The second-order valence-corrected chi connectivity index (χ2v) is 8.55. The SMILES string of the molecule is Cc1nn(C(C)(C)C)c(C)c1C(=O)NCC1CN(Cc2ccccc2)CCO1. The predicted molar refractivity (Wildman–Crippen MR) is 110 cm³/mol. The Morgan fingerprint density at radius 3 is 2.61 bits per heavy atom. The van der Waals surface area contributed by atoms with Crippen molar-refractivity contribution in [3.63, 3.8) is 0 Å². The number of carbonyl (C=O) groups is 1. The summed E-state index contributed by atoms with van der Waals surface area (Å²) in [5, 5.41) is 7.63. The highest BCUT2D eigenvalue weighted by atomic mass is 16.5. The Morgan fingerprint density at radius 1 is 1.25 bits per heavy atom. The molecule has 1 N–H and O–H groups in total. The molecule has 2 aromatic rings. The van der Waals surface area contributed by atoms with Crippen LogP contribution in [0.15, 0.2) is 30.3 Å². The van der Waals surface area contributed by atoms with Crippen molar-refractivity contribution < 1.29 is 9.53 Å². The van der Waals surface area contributed by atoms with E-state index in [0.717, 1.165) is 31.0 Å². The van der Waals surface area contributed by atoms with Crippen LogP contribution < -0.4 is 5.32 Å². The second-order valence-electron chi connectivity index (χ2n) is 8.55. The first-order valence-electron chi connectivity index (χ1n) is 9.98. The summed E-state index contributed by atoms with van der Waals surface area (Å²) in [6, 6.07) is 10.5. The van der Waals surface area contributed by atoms with E-state index in [1.807, 2.05) is 24.6 Å². The van der Waals surface area contributed by atoms with Crippen molar-refractivity contribution in [1.82, 2.24) is 20.0 Å². The monoisotopic (exact) mass is 384 g/mol. The van der Waals surface area contributed by atoms with Crippen LogP contribution in [0.5, 0.6) is 0 Å². The number of hydrogen-bond acceptors (Lipinski definition) is 4. The zero-order chi connectivity index (χ0) is 20.3. The maximum atomic E-state index is 12.8. The summed E-state index contributed by atoms with van der Waals surface area (Å²) in [5.41, 5.74) is 3.48. The zero-order valence-corrected chi connectivity index (χ0v) is 17.7. The van der Waals surface area contributed by atoms with E-state index in [-0.39, 0.29) is 17.6 Å². The van der Waals surface area contributed by atoms with Gasteiger partial charge in [-0.15, -0.1) is 0 Å². The first-order valence-corrected chi connectivity index (χ1v) is 9.98. The van der Waals surface area contributed by atoms with Gasteiger partial charge in [-0.05, 0) is 40.2 Å². The highest BCUT2D eigenvalue weighted by Crippen LogP contribution is 2.21. The van der Waals surface area contributed by atoms with Crippen molar-refractivity contribution in [1.29, 1.82) is 0 Å². The van der Waals surface area contributed by atoms with Crippen LogP contribution in [-0.2, 0) is 16.8 Å². The molecule has 1 aromatic carbocycles. The van der Waals surface area contributed by atoms with Crippen molar-refractivity contribution in [2.24, 2.45) is 0 Å². The molecule has 0 spiro atoms. The van der Waals surface area contributed by atoms with Crippen LogP contribution in [0.3, 0.4) is 0 Å². The molecule has 2 heterocycles. The minimum atomic E-state index is -0.155. The summed E-state index contributed by atoms with van der Waals surface area (Å²) < 4.78 is 7.80.